The van der Waals surface area contributed by atoms with E-state index >= 15 is 0 Å². The Balaban J connectivity index is 2.77. The fourth-order valence-corrected chi connectivity index (χ4v) is 2.35. The molecule has 0 bridgehead atoms. The minimum Gasteiger partial charge on any atom is -0.450 e. The summed E-state index contributed by atoms with van der Waals surface area (Å²) in [6.45, 7) is 2.87. The van der Waals surface area contributed by atoms with Gasteiger partial charge in [-0.2, -0.15) is 13.2 Å². The van der Waals surface area contributed by atoms with Crippen LogP contribution in [0.4, 0.5) is 29.3 Å². The number of anilines is 1. The molecule has 0 spiro atoms. The molecular formula is C15H13F3N4O6. The van der Waals surface area contributed by atoms with E-state index in [1.165, 1.54) is 24.9 Å². The number of aromatic nitrogens is 2. The number of aromatic amines is 1. The highest BCUT2D eigenvalue weighted by Crippen LogP contribution is 2.34. The number of benzene rings is 1. The van der Waals surface area contributed by atoms with Crippen molar-refractivity contribution < 1.29 is 27.6 Å². The number of hydrogen-bond donors (Lipinski definition) is 2. The Morgan fingerprint density at radius 2 is 2.00 bits per heavy atom. The summed E-state index contributed by atoms with van der Waals surface area (Å²) in [4.78, 5) is 47.9. The van der Waals surface area contributed by atoms with E-state index in [9.17, 15) is 37.7 Å². The van der Waals surface area contributed by atoms with Crippen molar-refractivity contribution in [3.8, 4) is 5.69 Å². The summed E-state index contributed by atoms with van der Waals surface area (Å²) in [5, 5.41) is 13.7. The van der Waals surface area contributed by atoms with Gasteiger partial charge >= 0.3 is 23.6 Å². The first-order valence-corrected chi connectivity index (χ1v) is 7.63. The third-order valence-corrected chi connectivity index (χ3v) is 3.53. The van der Waals surface area contributed by atoms with Gasteiger partial charge in [0, 0.05) is 6.07 Å². The number of aryl methyl sites for hydroxylation is 1. The summed E-state index contributed by atoms with van der Waals surface area (Å²) < 4.78 is 43.0. The zero-order chi connectivity index (χ0) is 21.2. The van der Waals surface area contributed by atoms with Crippen LogP contribution in [0.25, 0.3) is 5.69 Å². The van der Waals surface area contributed by atoms with Crippen LogP contribution in [-0.2, 0) is 10.9 Å². The Kier molecular flexibility index (Phi) is 5.57. The first-order chi connectivity index (χ1) is 13.0. The maximum Gasteiger partial charge on any atom is 0.431 e. The maximum atomic E-state index is 12.7. The average molecular weight is 402 g/mol. The molecule has 10 nitrogen and oxygen atoms in total. The number of hydrogen-bond acceptors (Lipinski definition) is 6. The number of carbonyl (C=O) groups excluding carboxylic acids is 1. The quantitative estimate of drug-likeness (QED) is 0.595. The maximum absolute atomic E-state index is 12.7. The zero-order valence-electron chi connectivity index (χ0n) is 14.4. The summed E-state index contributed by atoms with van der Waals surface area (Å²) in [7, 11) is 0. The van der Waals surface area contributed by atoms with Gasteiger partial charge in [0.1, 0.15) is 17.1 Å². The lowest BCUT2D eigenvalue weighted by Gasteiger charge is -2.13. The Morgan fingerprint density at radius 3 is 2.50 bits per heavy atom. The molecule has 0 unspecified atom stereocenters. The number of rotatable bonds is 4. The molecule has 0 atom stereocenters. The molecule has 0 fully saturated rings. The largest absolute Gasteiger partial charge is 0.450 e. The molecule has 2 aromatic rings. The minimum absolute atomic E-state index is 0.0313. The van der Waals surface area contributed by atoms with Crippen molar-refractivity contribution in [3.05, 3.63) is 60.4 Å². The second-order valence-electron chi connectivity index (χ2n) is 5.39. The standard InChI is InChI=1S/C15H13F3N4O6/c1-3-28-14(25)20-11-7(2)4-5-8(12(11)22(26)27)21-10(23)6-9(15(16,17)18)19-13(21)24/h4-6H,3H2,1-2H3,(H,19,24)(H,20,25). The number of halogens is 3. The molecule has 0 aliphatic heterocycles. The number of nitrogens with zero attached hydrogens (tertiary/aromatic N) is 2. The molecule has 0 saturated carbocycles. The normalized spacial score (nSPS) is 11.2. The zero-order valence-corrected chi connectivity index (χ0v) is 14.4. The van der Waals surface area contributed by atoms with Gasteiger partial charge in [0.15, 0.2) is 0 Å². The van der Waals surface area contributed by atoms with E-state index in [-0.39, 0.29) is 28.5 Å². The van der Waals surface area contributed by atoms with Gasteiger partial charge in [0.2, 0.25) is 0 Å². The van der Waals surface area contributed by atoms with Crippen LogP contribution < -0.4 is 16.6 Å². The molecule has 2 rings (SSSR count). The van der Waals surface area contributed by atoms with Crippen LogP contribution in [0.5, 0.6) is 0 Å². The van der Waals surface area contributed by atoms with E-state index in [1.54, 1.807) is 0 Å². The van der Waals surface area contributed by atoms with Crippen LogP contribution in [0.2, 0.25) is 0 Å². The lowest BCUT2D eigenvalue weighted by Crippen LogP contribution is -2.36. The Hall–Kier alpha value is -3.64. The monoisotopic (exact) mass is 402 g/mol. The third-order valence-electron chi connectivity index (χ3n) is 3.53. The van der Waals surface area contributed by atoms with Gasteiger partial charge in [0.25, 0.3) is 5.56 Å². The van der Waals surface area contributed by atoms with Crippen molar-refractivity contribution in [2.45, 2.75) is 20.0 Å². The summed E-state index contributed by atoms with van der Waals surface area (Å²) in [5.41, 5.74) is -6.23. The van der Waals surface area contributed by atoms with Crippen molar-refractivity contribution >= 4 is 17.5 Å². The lowest BCUT2D eigenvalue weighted by molar-refractivity contribution is -0.383. The Morgan fingerprint density at radius 1 is 1.36 bits per heavy atom. The van der Waals surface area contributed by atoms with Gasteiger partial charge in [-0.1, -0.05) is 6.07 Å². The predicted octanol–water partition coefficient (Wildman–Crippen LogP) is 2.33. The van der Waals surface area contributed by atoms with Gasteiger partial charge in [-0.15, -0.1) is 0 Å². The highest BCUT2D eigenvalue weighted by atomic mass is 19.4. The van der Waals surface area contributed by atoms with Crippen LogP contribution in [0.15, 0.2) is 27.8 Å². The predicted molar refractivity (Wildman–Crippen MR) is 89.7 cm³/mol. The molecule has 0 aliphatic rings. The van der Waals surface area contributed by atoms with Crippen LogP contribution in [0, 0.1) is 17.0 Å². The molecule has 13 heteroatoms. The van der Waals surface area contributed by atoms with Gasteiger partial charge in [-0.05, 0) is 25.5 Å². The highest BCUT2D eigenvalue weighted by Gasteiger charge is 2.34. The molecule has 0 saturated heterocycles. The van der Waals surface area contributed by atoms with Gasteiger partial charge in [-0.25, -0.2) is 14.2 Å². The molecule has 1 aromatic heterocycles. The molecule has 1 amide bonds. The first-order valence-electron chi connectivity index (χ1n) is 7.63. The van der Waals surface area contributed by atoms with Crippen LogP contribution in [0.3, 0.4) is 0 Å². The number of nitro benzene ring substituents is 1. The number of nitro groups is 1. The van der Waals surface area contributed by atoms with E-state index in [0.717, 1.165) is 6.07 Å². The third kappa shape index (κ3) is 4.02. The molecule has 28 heavy (non-hydrogen) atoms. The second-order valence-corrected chi connectivity index (χ2v) is 5.39. The van der Waals surface area contributed by atoms with Gasteiger partial charge < -0.3 is 9.72 Å². The van der Waals surface area contributed by atoms with Crippen molar-refractivity contribution in [1.82, 2.24) is 9.55 Å². The van der Waals surface area contributed by atoms with Crippen molar-refractivity contribution in [2.75, 3.05) is 11.9 Å². The van der Waals surface area contributed by atoms with Crippen LogP contribution in [-0.4, -0.2) is 27.2 Å². The number of carbonyl (C=O) groups is 1. The van der Waals surface area contributed by atoms with Crippen molar-refractivity contribution in [3.63, 3.8) is 0 Å². The smallest absolute Gasteiger partial charge is 0.431 e. The number of amides is 1. The summed E-state index contributed by atoms with van der Waals surface area (Å²) in [6, 6.07) is 2.35. The van der Waals surface area contributed by atoms with Gasteiger partial charge in [-0.3, -0.25) is 20.2 Å². The van der Waals surface area contributed by atoms with E-state index in [0.29, 0.717) is 0 Å². The summed E-state index contributed by atoms with van der Waals surface area (Å²) in [5.74, 6) is 0. The molecular weight excluding hydrogens is 389 g/mol. The molecule has 1 aromatic carbocycles. The number of ether oxygens (including phenoxy) is 1. The topological polar surface area (TPSA) is 136 Å². The molecule has 0 aliphatic carbocycles. The van der Waals surface area contributed by atoms with Gasteiger partial charge in [0.05, 0.1) is 11.5 Å². The van der Waals surface area contributed by atoms with E-state index in [2.05, 4.69) is 10.1 Å². The SMILES string of the molecule is CCOC(=O)Nc1c(C)ccc(-n2c(=O)cc(C(F)(F)F)[nH]c2=O)c1[N+](=O)[O-]. The van der Waals surface area contributed by atoms with Crippen molar-refractivity contribution in [2.24, 2.45) is 0 Å². The minimum atomic E-state index is -4.99. The Bertz CT molecular complexity index is 1030. The first kappa shape index (κ1) is 20.7. The number of alkyl halides is 3. The highest BCUT2D eigenvalue weighted by molar-refractivity contribution is 5.91. The van der Waals surface area contributed by atoms with Crippen molar-refractivity contribution in [1.29, 1.82) is 0 Å². The van der Waals surface area contributed by atoms with E-state index in [4.69, 9.17) is 0 Å². The average Bonchev–Trinajstić information content (AvgIpc) is 2.56. The fourth-order valence-electron chi connectivity index (χ4n) is 2.35. The number of H-pyrrole nitrogens is 1. The lowest BCUT2D eigenvalue weighted by atomic mass is 10.1. The van der Waals surface area contributed by atoms with E-state index < -0.39 is 45.5 Å². The van der Waals surface area contributed by atoms with Crippen LogP contribution >= 0.6 is 0 Å². The fraction of sp³-hybridized carbons (Fsp3) is 0.267. The number of nitrogens with one attached hydrogen (secondary N) is 2. The molecule has 0 radical (unpaired) electrons. The van der Waals surface area contributed by atoms with Crippen LogP contribution in [0.1, 0.15) is 18.2 Å². The Labute approximate surface area is 153 Å². The summed E-state index contributed by atoms with van der Waals surface area (Å²) >= 11 is 0. The summed E-state index contributed by atoms with van der Waals surface area (Å²) in [6.07, 6.45) is -6.02. The molecule has 2 N–H and O–H groups in total. The molecule has 1 heterocycles. The molecule has 150 valence electrons. The van der Waals surface area contributed by atoms with E-state index in [1.807, 2.05) is 0 Å². The second kappa shape index (κ2) is 7.54.